The number of hydrogen-bond acceptors (Lipinski definition) is 8. The monoisotopic (exact) mass is 476 g/mol. The Balaban J connectivity index is 2.05. The van der Waals surface area contributed by atoms with E-state index in [0.717, 1.165) is 30.1 Å². The molecular formula is C18H23F3N6O2S2. The van der Waals surface area contributed by atoms with E-state index in [9.17, 15) is 21.6 Å². The Labute approximate surface area is 182 Å². The maximum absolute atomic E-state index is 13.0. The van der Waals surface area contributed by atoms with E-state index in [-0.39, 0.29) is 16.5 Å². The van der Waals surface area contributed by atoms with E-state index in [0.29, 0.717) is 36.8 Å². The van der Waals surface area contributed by atoms with E-state index in [2.05, 4.69) is 19.6 Å². The SMILES string of the molecule is CCc1nsc(N=Nc2cc3c(cc2NS(=O)(=O)C(F)(F)F)N(CC(C)C)CCC3)n1. The van der Waals surface area contributed by atoms with Crippen molar-refractivity contribution in [1.29, 1.82) is 0 Å². The van der Waals surface area contributed by atoms with Gasteiger partial charge in [-0.25, -0.2) is 4.98 Å². The molecular weight excluding hydrogens is 453 g/mol. The van der Waals surface area contributed by atoms with Crippen molar-refractivity contribution in [2.45, 2.75) is 45.5 Å². The molecule has 0 unspecified atom stereocenters. The summed E-state index contributed by atoms with van der Waals surface area (Å²) >= 11 is 1.00. The highest BCUT2D eigenvalue weighted by atomic mass is 32.2. The quantitative estimate of drug-likeness (QED) is 0.555. The second kappa shape index (κ2) is 9.07. The van der Waals surface area contributed by atoms with Crippen LogP contribution in [0.3, 0.4) is 0 Å². The van der Waals surface area contributed by atoms with Crippen LogP contribution in [0.2, 0.25) is 0 Å². The average Bonchev–Trinajstić information content (AvgIpc) is 3.13. The van der Waals surface area contributed by atoms with Gasteiger partial charge in [0.15, 0.2) is 0 Å². The fourth-order valence-electron chi connectivity index (χ4n) is 3.22. The summed E-state index contributed by atoms with van der Waals surface area (Å²) in [4.78, 5) is 6.19. The van der Waals surface area contributed by atoms with E-state index in [1.54, 1.807) is 10.8 Å². The van der Waals surface area contributed by atoms with Crippen LogP contribution in [0.25, 0.3) is 0 Å². The zero-order valence-electron chi connectivity index (χ0n) is 17.3. The van der Waals surface area contributed by atoms with E-state index in [1.165, 1.54) is 6.07 Å². The van der Waals surface area contributed by atoms with Gasteiger partial charge in [0, 0.05) is 36.7 Å². The molecule has 0 atom stereocenters. The molecule has 1 aliphatic heterocycles. The van der Waals surface area contributed by atoms with Crippen molar-refractivity contribution in [3.63, 3.8) is 0 Å². The molecule has 2 aromatic rings. The van der Waals surface area contributed by atoms with Gasteiger partial charge >= 0.3 is 15.5 Å². The summed E-state index contributed by atoms with van der Waals surface area (Å²) in [5.74, 6) is 0.900. The van der Waals surface area contributed by atoms with Crippen molar-refractivity contribution >= 4 is 43.7 Å². The third-order valence-corrected chi connectivity index (χ3v) is 6.30. The van der Waals surface area contributed by atoms with Crippen molar-refractivity contribution in [2.75, 3.05) is 22.7 Å². The lowest BCUT2D eigenvalue weighted by molar-refractivity contribution is -0.0429. The van der Waals surface area contributed by atoms with Crippen molar-refractivity contribution in [3.05, 3.63) is 23.5 Å². The third kappa shape index (κ3) is 5.50. The molecule has 8 nitrogen and oxygen atoms in total. The molecule has 1 aromatic heterocycles. The smallest absolute Gasteiger partial charge is 0.371 e. The molecule has 31 heavy (non-hydrogen) atoms. The highest BCUT2D eigenvalue weighted by molar-refractivity contribution is 7.93. The minimum absolute atomic E-state index is 0.00813. The maximum atomic E-state index is 13.0. The number of nitrogens with zero attached hydrogens (tertiary/aromatic N) is 5. The number of azo groups is 1. The molecule has 2 heterocycles. The molecule has 1 aliphatic rings. The van der Waals surface area contributed by atoms with Gasteiger partial charge in [0.25, 0.3) is 0 Å². The molecule has 0 amide bonds. The van der Waals surface area contributed by atoms with Gasteiger partial charge in [-0.05, 0) is 36.5 Å². The summed E-state index contributed by atoms with van der Waals surface area (Å²) in [6.45, 7) is 7.39. The van der Waals surface area contributed by atoms with Crippen LogP contribution in [0.4, 0.5) is 35.4 Å². The lowest BCUT2D eigenvalue weighted by Gasteiger charge is -2.33. The standard InChI is InChI=1S/C18H23F3N6O2S2/c1-4-16-22-17(30-25-16)24-23-13-8-12-6-5-7-27(10-11(2)3)15(12)9-14(13)26-31(28,29)18(19,20)21/h8-9,11,26H,4-7,10H2,1-3H3. The van der Waals surface area contributed by atoms with Crippen LogP contribution in [0.15, 0.2) is 22.4 Å². The maximum Gasteiger partial charge on any atom is 0.516 e. The summed E-state index contributed by atoms with van der Waals surface area (Å²) < 4.78 is 68.3. The minimum atomic E-state index is -5.62. The molecule has 13 heteroatoms. The number of rotatable bonds is 7. The molecule has 0 saturated carbocycles. The van der Waals surface area contributed by atoms with E-state index >= 15 is 0 Å². The molecule has 0 spiro atoms. The van der Waals surface area contributed by atoms with Crippen LogP contribution < -0.4 is 9.62 Å². The normalized spacial score (nSPS) is 15.0. The first-order chi connectivity index (χ1) is 14.5. The molecule has 3 rings (SSSR count). The van der Waals surface area contributed by atoms with Crippen LogP contribution in [-0.2, 0) is 22.9 Å². The van der Waals surface area contributed by atoms with Gasteiger partial charge in [-0.1, -0.05) is 20.8 Å². The molecule has 170 valence electrons. The van der Waals surface area contributed by atoms with Gasteiger partial charge < -0.3 is 4.90 Å². The number of aromatic nitrogens is 2. The molecule has 0 saturated heterocycles. The zero-order valence-corrected chi connectivity index (χ0v) is 18.9. The van der Waals surface area contributed by atoms with Crippen LogP contribution in [-0.4, -0.2) is 36.4 Å². The fourth-order valence-corrected chi connectivity index (χ4v) is 4.37. The zero-order chi connectivity index (χ0) is 22.8. The molecule has 0 bridgehead atoms. The average molecular weight is 477 g/mol. The van der Waals surface area contributed by atoms with Crippen molar-refractivity contribution < 1.29 is 21.6 Å². The van der Waals surface area contributed by atoms with Crippen molar-refractivity contribution in [2.24, 2.45) is 16.1 Å². The van der Waals surface area contributed by atoms with Gasteiger partial charge in [0.2, 0.25) is 5.13 Å². The fraction of sp³-hybridized carbons (Fsp3) is 0.556. The number of halogens is 3. The predicted octanol–water partition coefficient (Wildman–Crippen LogP) is 5.19. The lowest BCUT2D eigenvalue weighted by atomic mass is 9.99. The van der Waals surface area contributed by atoms with Gasteiger partial charge in [0.05, 0.1) is 5.69 Å². The predicted molar refractivity (Wildman–Crippen MR) is 114 cm³/mol. The number of fused-ring (bicyclic) bond motifs is 1. The van der Waals surface area contributed by atoms with Crippen LogP contribution in [0.1, 0.15) is 38.6 Å². The number of hydrogen-bond donors (Lipinski definition) is 1. The summed E-state index contributed by atoms with van der Waals surface area (Å²) in [5.41, 5.74) is -4.17. The van der Waals surface area contributed by atoms with Gasteiger partial charge in [-0.3, -0.25) is 4.72 Å². The topological polar surface area (TPSA) is 99.9 Å². The lowest BCUT2D eigenvalue weighted by Crippen LogP contribution is -2.33. The molecule has 0 fully saturated rings. The number of aryl methyl sites for hydroxylation is 2. The number of anilines is 2. The Morgan fingerprint density at radius 3 is 2.65 bits per heavy atom. The van der Waals surface area contributed by atoms with Gasteiger partial charge in [0.1, 0.15) is 11.5 Å². The van der Waals surface area contributed by atoms with Crippen molar-refractivity contribution in [1.82, 2.24) is 9.36 Å². The Morgan fingerprint density at radius 1 is 1.29 bits per heavy atom. The molecule has 0 radical (unpaired) electrons. The largest absolute Gasteiger partial charge is 0.516 e. The Hall–Kier alpha value is -2.28. The molecule has 1 N–H and O–H groups in total. The van der Waals surface area contributed by atoms with E-state index < -0.39 is 15.5 Å². The number of benzene rings is 1. The second-order valence-electron chi connectivity index (χ2n) is 7.54. The Morgan fingerprint density at radius 2 is 2.03 bits per heavy atom. The Bertz CT molecular complexity index is 1070. The molecule has 0 aliphatic carbocycles. The van der Waals surface area contributed by atoms with Crippen molar-refractivity contribution in [3.8, 4) is 0 Å². The number of nitrogens with one attached hydrogen (secondary N) is 1. The number of sulfonamides is 1. The first-order valence-electron chi connectivity index (χ1n) is 9.75. The van der Waals surface area contributed by atoms with Crippen LogP contribution in [0.5, 0.6) is 0 Å². The first kappa shape index (κ1) is 23.4. The second-order valence-corrected chi connectivity index (χ2v) is 9.94. The minimum Gasteiger partial charge on any atom is -0.371 e. The van der Waals surface area contributed by atoms with E-state index in [4.69, 9.17) is 0 Å². The summed E-state index contributed by atoms with van der Waals surface area (Å²) in [6.07, 6.45) is 2.19. The molecule has 1 aromatic carbocycles. The van der Waals surface area contributed by atoms with Gasteiger partial charge in [-0.15, -0.1) is 10.2 Å². The van der Waals surface area contributed by atoms with Gasteiger partial charge in [-0.2, -0.15) is 26.0 Å². The first-order valence-corrected chi connectivity index (χ1v) is 12.0. The highest BCUT2D eigenvalue weighted by Gasteiger charge is 2.46. The van der Waals surface area contributed by atoms with E-state index in [1.807, 2.05) is 25.7 Å². The summed E-state index contributed by atoms with van der Waals surface area (Å²) in [7, 11) is -5.62. The third-order valence-electron chi connectivity index (χ3n) is 4.56. The Kier molecular flexibility index (Phi) is 6.84. The highest BCUT2D eigenvalue weighted by Crippen LogP contribution is 2.39. The van der Waals surface area contributed by atoms with Crippen LogP contribution >= 0.6 is 11.5 Å². The summed E-state index contributed by atoms with van der Waals surface area (Å²) in [6, 6.07) is 2.99. The van der Waals surface area contributed by atoms with Crippen LogP contribution in [0, 0.1) is 5.92 Å². The summed E-state index contributed by atoms with van der Waals surface area (Å²) in [5, 5.41) is 8.20. The number of alkyl halides is 3.